The Kier molecular flexibility index (Phi) is 3.25. The van der Waals surface area contributed by atoms with Gasteiger partial charge < -0.3 is 0 Å². The molecule has 0 N–H and O–H groups in total. The summed E-state index contributed by atoms with van der Waals surface area (Å²) in [5, 5.41) is 3.58. The van der Waals surface area contributed by atoms with Crippen LogP contribution in [0.5, 0.6) is 0 Å². The molecule has 96 valence electrons. The first-order valence-electron chi connectivity index (χ1n) is 4.74. The SMILES string of the molecule is Cc1ncnn1-c1c(Cl)cc(C(F)(F)F)cc1Cl. The number of rotatable bonds is 1. The second kappa shape index (κ2) is 4.44. The molecule has 1 aromatic carbocycles. The molecule has 3 nitrogen and oxygen atoms in total. The zero-order chi connectivity index (χ0) is 13.5. The number of halogens is 5. The van der Waals surface area contributed by atoms with E-state index < -0.39 is 11.7 Å². The van der Waals surface area contributed by atoms with Crippen molar-refractivity contribution in [3.63, 3.8) is 0 Å². The number of aromatic nitrogens is 3. The third-order valence-electron chi connectivity index (χ3n) is 2.27. The molecule has 1 heterocycles. The highest BCUT2D eigenvalue weighted by atomic mass is 35.5. The van der Waals surface area contributed by atoms with E-state index in [1.165, 1.54) is 11.0 Å². The van der Waals surface area contributed by atoms with Crippen molar-refractivity contribution in [2.75, 3.05) is 0 Å². The summed E-state index contributed by atoms with van der Waals surface area (Å²) in [4.78, 5) is 3.86. The van der Waals surface area contributed by atoms with Gasteiger partial charge in [0.25, 0.3) is 0 Å². The number of hydrogen-bond donors (Lipinski definition) is 0. The smallest absolute Gasteiger partial charge is 0.220 e. The maximum atomic E-state index is 12.5. The highest BCUT2D eigenvalue weighted by molar-refractivity contribution is 6.37. The molecule has 18 heavy (non-hydrogen) atoms. The van der Waals surface area contributed by atoms with Crippen LogP contribution in [0.15, 0.2) is 18.5 Å². The highest BCUT2D eigenvalue weighted by Gasteiger charge is 2.32. The van der Waals surface area contributed by atoms with Crippen LogP contribution < -0.4 is 0 Å². The lowest BCUT2D eigenvalue weighted by molar-refractivity contribution is -0.137. The molecule has 0 aliphatic heterocycles. The molecule has 0 radical (unpaired) electrons. The predicted molar refractivity (Wildman–Crippen MR) is 61.1 cm³/mol. The van der Waals surface area contributed by atoms with E-state index in [-0.39, 0.29) is 15.7 Å². The monoisotopic (exact) mass is 295 g/mol. The van der Waals surface area contributed by atoms with Gasteiger partial charge in [0.05, 0.1) is 15.6 Å². The summed E-state index contributed by atoms with van der Waals surface area (Å²) in [6.07, 6.45) is -3.23. The van der Waals surface area contributed by atoms with Gasteiger partial charge in [-0.05, 0) is 19.1 Å². The zero-order valence-corrected chi connectivity index (χ0v) is 10.5. The molecular weight excluding hydrogens is 290 g/mol. The predicted octanol–water partition coefficient (Wildman–Crippen LogP) is 3.90. The Labute approximate surface area is 110 Å². The molecule has 8 heteroatoms. The number of nitrogens with zero attached hydrogens (tertiary/aromatic N) is 3. The van der Waals surface area contributed by atoms with Gasteiger partial charge in [-0.2, -0.15) is 18.3 Å². The summed E-state index contributed by atoms with van der Waals surface area (Å²) >= 11 is 11.7. The molecule has 0 atom stereocenters. The van der Waals surface area contributed by atoms with E-state index in [9.17, 15) is 13.2 Å². The Morgan fingerprint density at radius 3 is 2.11 bits per heavy atom. The molecule has 0 amide bonds. The molecule has 2 aromatic rings. The summed E-state index contributed by atoms with van der Waals surface area (Å²) in [7, 11) is 0. The summed E-state index contributed by atoms with van der Waals surface area (Å²) < 4.78 is 38.9. The van der Waals surface area contributed by atoms with E-state index >= 15 is 0 Å². The molecule has 0 aliphatic rings. The van der Waals surface area contributed by atoms with Gasteiger partial charge in [0.1, 0.15) is 17.8 Å². The van der Waals surface area contributed by atoms with Gasteiger partial charge in [0.15, 0.2) is 0 Å². The number of aryl methyl sites for hydroxylation is 1. The van der Waals surface area contributed by atoms with E-state index in [0.717, 1.165) is 12.1 Å². The second-order valence-electron chi connectivity index (χ2n) is 3.51. The minimum Gasteiger partial charge on any atom is -0.220 e. The van der Waals surface area contributed by atoms with E-state index in [1.807, 2.05) is 0 Å². The third-order valence-corrected chi connectivity index (χ3v) is 2.85. The summed E-state index contributed by atoms with van der Waals surface area (Å²) in [6, 6.07) is 1.62. The Balaban J connectivity index is 2.62. The summed E-state index contributed by atoms with van der Waals surface area (Å²) in [6.45, 7) is 1.64. The van der Waals surface area contributed by atoms with Crippen molar-refractivity contribution in [1.29, 1.82) is 0 Å². The summed E-state index contributed by atoms with van der Waals surface area (Å²) in [5.41, 5.74) is -0.722. The average Bonchev–Trinajstić information content (AvgIpc) is 2.62. The molecule has 0 bridgehead atoms. The maximum absolute atomic E-state index is 12.5. The van der Waals surface area contributed by atoms with Crippen LogP contribution in [0.25, 0.3) is 5.69 Å². The normalized spacial score (nSPS) is 11.9. The van der Waals surface area contributed by atoms with Gasteiger partial charge in [-0.1, -0.05) is 23.2 Å². The van der Waals surface area contributed by atoms with Crippen molar-refractivity contribution in [1.82, 2.24) is 14.8 Å². The molecule has 1 aromatic heterocycles. The van der Waals surface area contributed by atoms with Crippen molar-refractivity contribution in [2.45, 2.75) is 13.1 Å². The molecule has 0 saturated carbocycles. The minimum absolute atomic E-state index is 0.136. The van der Waals surface area contributed by atoms with Crippen molar-refractivity contribution in [3.8, 4) is 5.69 Å². The fourth-order valence-corrected chi connectivity index (χ4v) is 2.10. The number of benzene rings is 1. The van der Waals surface area contributed by atoms with Crippen LogP contribution in [-0.2, 0) is 6.18 Å². The first-order chi connectivity index (χ1) is 8.30. The zero-order valence-electron chi connectivity index (χ0n) is 8.96. The van der Waals surface area contributed by atoms with Crippen LogP contribution in [0.3, 0.4) is 0 Å². The van der Waals surface area contributed by atoms with E-state index in [1.54, 1.807) is 6.92 Å². The molecule has 0 fully saturated rings. The van der Waals surface area contributed by atoms with Crippen molar-refractivity contribution in [2.24, 2.45) is 0 Å². The molecule has 0 aliphatic carbocycles. The van der Waals surface area contributed by atoms with Gasteiger partial charge in [0.2, 0.25) is 0 Å². The van der Waals surface area contributed by atoms with Crippen LogP contribution in [0.4, 0.5) is 13.2 Å². The molecule has 2 rings (SSSR count). The lowest BCUT2D eigenvalue weighted by Crippen LogP contribution is -2.07. The van der Waals surface area contributed by atoms with Crippen molar-refractivity contribution < 1.29 is 13.2 Å². The molecule has 0 saturated heterocycles. The average molecular weight is 296 g/mol. The summed E-state index contributed by atoms with van der Waals surface area (Å²) in [5.74, 6) is 0.471. The van der Waals surface area contributed by atoms with Crippen molar-refractivity contribution >= 4 is 23.2 Å². The lowest BCUT2D eigenvalue weighted by atomic mass is 10.2. The Morgan fingerprint density at radius 1 is 1.17 bits per heavy atom. The van der Waals surface area contributed by atoms with E-state index in [0.29, 0.717) is 5.82 Å². The minimum atomic E-state index is -4.50. The molecule has 0 spiro atoms. The van der Waals surface area contributed by atoms with E-state index in [4.69, 9.17) is 23.2 Å². The first-order valence-corrected chi connectivity index (χ1v) is 5.49. The molecule has 0 unspecified atom stereocenters. The van der Waals surface area contributed by atoms with Gasteiger partial charge in [-0.25, -0.2) is 9.67 Å². The second-order valence-corrected chi connectivity index (χ2v) is 4.32. The Bertz CT molecular complexity index is 569. The quantitative estimate of drug-likeness (QED) is 0.799. The van der Waals surface area contributed by atoms with Gasteiger partial charge in [-0.3, -0.25) is 0 Å². The van der Waals surface area contributed by atoms with Gasteiger partial charge in [0, 0.05) is 0 Å². The first kappa shape index (κ1) is 13.2. The van der Waals surface area contributed by atoms with Gasteiger partial charge in [-0.15, -0.1) is 0 Å². The lowest BCUT2D eigenvalue weighted by Gasteiger charge is -2.12. The van der Waals surface area contributed by atoms with Crippen LogP contribution >= 0.6 is 23.2 Å². The van der Waals surface area contributed by atoms with Gasteiger partial charge >= 0.3 is 6.18 Å². The topological polar surface area (TPSA) is 30.7 Å². The fraction of sp³-hybridized carbons (Fsp3) is 0.200. The van der Waals surface area contributed by atoms with Crippen LogP contribution in [0.2, 0.25) is 10.0 Å². The van der Waals surface area contributed by atoms with Crippen LogP contribution in [0.1, 0.15) is 11.4 Å². The van der Waals surface area contributed by atoms with Crippen molar-refractivity contribution in [3.05, 3.63) is 39.9 Å². The fourth-order valence-electron chi connectivity index (χ4n) is 1.45. The molecular formula is C10H6Cl2F3N3. The highest BCUT2D eigenvalue weighted by Crippen LogP contribution is 2.37. The Hall–Kier alpha value is -1.27. The van der Waals surface area contributed by atoms with Crippen LogP contribution in [-0.4, -0.2) is 14.8 Å². The van der Waals surface area contributed by atoms with E-state index in [2.05, 4.69) is 10.1 Å². The largest absolute Gasteiger partial charge is 0.416 e. The number of hydrogen-bond acceptors (Lipinski definition) is 2. The Morgan fingerprint density at radius 2 is 1.72 bits per heavy atom. The maximum Gasteiger partial charge on any atom is 0.416 e. The standard InChI is InChI=1S/C10H6Cl2F3N3/c1-5-16-4-17-18(5)9-7(11)2-6(3-8(9)12)10(13,14)15/h2-4H,1H3. The number of alkyl halides is 3. The third kappa shape index (κ3) is 2.30. The van der Waals surface area contributed by atoms with Crippen LogP contribution in [0, 0.1) is 6.92 Å².